The summed E-state index contributed by atoms with van der Waals surface area (Å²) < 4.78 is 0. The van der Waals surface area contributed by atoms with E-state index in [1.807, 2.05) is 0 Å². The second-order valence-electron chi connectivity index (χ2n) is 15.4. The Morgan fingerprint density at radius 1 is 0.879 bits per heavy atom. The molecule has 2 nitrogen and oxygen atoms in total. The van der Waals surface area contributed by atoms with Crippen molar-refractivity contribution in [2.45, 2.75) is 120 Å². The molecule has 1 unspecified atom stereocenters. The highest BCUT2D eigenvalue weighted by Crippen LogP contribution is 2.76. The van der Waals surface area contributed by atoms with Gasteiger partial charge in [-0.05, 0) is 115 Å². The first-order valence-corrected chi connectivity index (χ1v) is 14.1. The van der Waals surface area contributed by atoms with E-state index >= 15 is 0 Å². The second-order valence-corrected chi connectivity index (χ2v) is 15.4. The van der Waals surface area contributed by atoms with Gasteiger partial charge in [0, 0.05) is 0 Å². The fourth-order valence-electron chi connectivity index (χ4n) is 10.8. The van der Waals surface area contributed by atoms with Crippen molar-refractivity contribution < 1.29 is 9.90 Å². The zero-order chi connectivity index (χ0) is 24.2. The van der Waals surface area contributed by atoms with E-state index in [1.165, 1.54) is 32.1 Å². The lowest BCUT2D eigenvalue weighted by molar-refractivity contribution is -0.195. The molecule has 0 heterocycles. The van der Waals surface area contributed by atoms with Gasteiger partial charge in [0.2, 0.25) is 0 Å². The molecular weight excluding hydrogens is 404 g/mol. The summed E-state index contributed by atoms with van der Waals surface area (Å²) in [4.78, 5) is 12.8. The van der Waals surface area contributed by atoms with E-state index in [4.69, 9.17) is 0 Å². The second kappa shape index (κ2) is 6.91. The van der Waals surface area contributed by atoms with Gasteiger partial charge in [0.25, 0.3) is 0 Å². The van der Waals surface area contributed by atoms with Crippen LogP contribution in [0, 0.1) is 56.2 Å². The number of carbonyl (C=O) groups is 1. The maximum Gasteiger partial charge on any atom is 0.310 e. The van der Waals surface area contributed by atoms with E-state index in [0.29, 0.717) is 10.8 Å². The third-order valence-electron chi connectivity index (χ3n) is 13.6. The topological polar surface area (TPSA) is 37.3 Å². The Morgan fingerprint density at radius 2 is 1.55 bits per heavy atom. The van der Waals surface area contributed by atoms with Gasteiger partial charge in [-0.2, -0.15) is 0 Å². The van der Waals surface area contributed by atoms with Gasteiger partial charge < -0.3 is 5.11 Å². The minimum atomic E-state index is -0.520. The molecule has 5 aliphatic carbocycles. The van der Waals surface area contributed by atoms with E-state index < -0.39 is 11.4 Å². The first-order valence-electron chi connectivity index (χ1n) is 14.1. The van der Waals surface area contributed by atoms with Gasteiger partial charge in [-0.25, -0.2) is 0 Å². The lowest BCUT2D eigenvalue weighted by atomic mass is 9.33. The normalized spacial score (nSPS) is 52.4. The molecule has 0 saturated heterocycles. The number of rotatable bonds is 1. The van der Waals surface area contributed by atoms with Crippen molar-refractivity contribution in [3.63, 3.8) is 0 Å². The van der Waals surface area contributed by atoms with Gasteiger partial charge in [0.1, 0.15) is 0 Å². The molecular formula is C31H50O2. The van der Waals surface area contributed by atoms with E-state index in [-0.39, 0.29) is 22.2 Å². The Hall–Kier alpha value is -0.790. The Kier molecular flexibility index (Phi) is 5.01. The van der Waals surface area contributed by atoms with Crippen LogP contribution in [0.3, 0.4) is 0 Å². The van der Waals surface area contributed by atoms with Crippen molar-refractivity contribution in [1.29, 1.82) is 0 Å². The molecule has 0 aliphatic heterocycles. The van der Waals surface area contributed by atoms with Crippen LogP contribution in [0.5, 0.6) is 0 Å². The largest absolute Gasteiger partial charge is 0.481 e. The average Bonchev–Trinajstić information content (AvgIpc) is 2.71. The number of allylic oxidation sites excluding steroid dienone is 2. The Morgan fingerprint density at radius 3 is 2.21 bits per heavy atom. The summed E-state index contributed by atoms with van der Waals surface area (Å²) in [6, 6.07) is 0. The molecule has 0 spiro atoms. The standard InChI is InChI=1S/C31H50O2/c1-20-11-13-28(6)23(27(20,4)5)12-14-30(8)24(28)10-9-21-22-19-26(2,3)15-17-31(22,25(32)33)18-16-29(21,30)7/h9,20,22-24H,10-19H2,1-8H3,(H,32,33)/t20?,22-,23-,24+,28-,29+,30+,31-/m0/s1. The molecule has 8 atom stereocenters. The molecule has 0 radical (unpaired) electrons. The summed E-state index contributed by atoms with van der Waals surface area (Å²) in [5.74, 6) is 2.04. The molecule has 33 heavy (non-hydrogen) atoms. The van der Waals surface area contributed by atoms with E-state index in [9.17, 15) is 9.90 Å². The van der Waals surface area contributed by atoms with Crippen LogP contribution >= 0.6 is 0 Å². The highest BCUT2D eigenvalue weighted by atomic mass is 16.4. The minimum absolute atomic E-state index is 0.147. The number of carboxylic acids is 1. The number of aliphatic carboxylic acids is 1. The monoisotopic (exact) mass is 454 g/mol. The van der Waals surface area contributed by atoms with Crippen molar-refractivity contribution >= 4 is 5.97 Å². The summed E-state index contributed by atoms with van der Waals surface area (Å²) in [5, 5.41) is 10.5. The number of hydrogen-bond donors (Lipinski definition) is 1. The van der Waals surface area contributed by atoms with Crippen molar-refractivity contribution in [2.24, 2.45) is 56.2 Å². The summed E-state index contributed by atoms with van der Waals surface area (Å²) in [6.07, 6.45) is 14.1. The molecule has 0 amide bonds. The van der Waals surface area contributed by atoms with Crippen molar-refractivity contribution in [1.82, 2.24) is 0 Å². The number of fused-ring (bicyclic) bond motifs is 7. The van der Waals surface area contributed by atoms with Crippen LogP contribution in [-0.2, 0) is 4.79 Å². The van der Waals surface area contributed by atoms with Gasteiger partial charge in [-0.15, -0.1) is 0 Å². The molecule has 1 N–H and O–H groups in total. The summed E-state index contributed by atoms with van der Waals surface area (Å²) >= 11 is 0. The quantitative estimate of drug-likeness (QED) is 0.403. The van der Waals surface area contributed by atoms with Gasteiger partial charge in [0.05, 0.1) is 5.41 Å². The lowest BCUT2D eigenvalue weighted by Gasteiger charge is -2.71. The van der Waals surface area contributed by atoms with Crippen LogP contribution < -0.4 is 0 Å². The molecule has 0 aromatic heterocycles. The van der Waals surface area contributed by atoms with Crippen molar-refractivity contribution in [3.05, 3.63) is 11.6 Å². The highest BCUT2D eigenvalue weighted by molar-refractivity contribution is 5.76. The molecule has 5 aliphatic rings. The molecule has 2 heteroatoms. The third-order valence-corrected chi connectivity index (χ3v) is 13.6. The van der Waals surface area contributed by atoms with Crippen LogP contribution in [0.2, 0.25) is 0 Å². The Labute approximate surface area is 203 Å². The first-order chi connectivity index (χ1) is 15.1. The number of carboxylic acid groups (broad SMARTS) is 1. The molecule has 4 fully saturated rings. The predicted octanol–water partition coefficient (Wildman–Crippen LogP) is 8.51. The molecule has 186 valence electrons. The predicted molar refractivity (Wildman–Crippen MR) is 136 cm³/mol. The average molecular weight is 455 g/mol. The van der Waals surface area contributed by atoms with E-state index in [0.717, 1.165) is 49.9 Å². The smallest absolute Gasteiger partial charge is 0.310 e. The Balaban J connectivity index is 1.60. The van der Waals surface area contributed by atoms with Crippen molar-refractivity contribution in [2.75, 3.05) is 0 Å². The molecule has 4 saturated carbocycles. The van der Waals surface area contributed by atoms with E-state index in [2.05, 4.69) is 61.5 Å². The molecule has 0 aromatic carbocycles. The lowest BCUT2D eigenvalue weighted by Crippen LogP contribution is -2.64. The Bertz CT molecular complexity index is 881. The highest BCUT2D eigenvalue weighted by Gasteiger charge is 2.68. The summed E-state index contributed by atoms with van der Waals surface area (Å²) in [6.45, 7) is 20.2. The number of hydrogen-bond acceptors (Lipinski definition) is 1. The SMILES string of the molecule is CC1CC[C@]2(C)[C@H]3CC=C4[C@@H]5CC(C)(C)CC[C@]5(C(=O)O)CC[C@@]4(C)[C@]3(C)CC[C@H]2C1(C)C. The van der Waals surface area contributed by atoms with Crippen LogP contribution in [0.1, 0.15) is 120 Å². The van der Waals surface area contributed by atoms with Gasteiger partial charge in [-0.1, -0.05) is 67.0 Å². The van der Waals surface area contributed by atoms with E-state index in [1.54, 1.807) is 5.57 Å². The zero-order valence-corrected chi connectivity index (χ0v) is 22.8. The fourth-order valence-corrected chi connectivity index (χ4v) is 10.8. The maximum absolute atomic E-state index is 12.8. The fraction of sp³-hybridized carbons (Fsp3) is 0.903. The molecule has 0 bridgehead atoms. The van der Waals surface area contributed by atoms with Crippen molar-refractivity contribution in [3.8, 4) is 0 Å². The minimum Gasteiger partial charge on any atom is -0.481 e. The molecule has 0 aromatic rings. The van der Waals surface area contributed by atoms with Gasteiger partial charge in [-0.3, -0.25) is 4.79 Å². The summed E-state index contributed by atoms with van der Waals surface area (Å²) in [7, 11) is 0. The van der Waals surface area contributed by atoms with Crippen LogP contribution in [0.15, 0.2) is 11.6 Å². The third kappa shape index (κ3) is 2.88. The zero-order valence-electron chi connectivity index (χ0n) is 22.8. The van der Waals surface area contributed by atoms with Gasteiger partial charge in [0.15, 0.2) is 0 Å². The molecule has 5 rings (SSSR count). The van der Waals surface area contributed by atoms with Crippen LogP contribution in [0.25, 0.3) is 0 Å². The first kappa shape index (κ1) is 23.9. The van der Waals surface area contributed by atoms with Gasteiger partial charge >= 0.3 is 5.97 Å². The maximum atomic E-state index is 12.8. The summed E-state index contributed by atoms with van der Waals surface area (Å²) in [5.41, 5.74) is 2.53. The van der Waals surface area contributed by atoms with Crippen LogP contribution in [0.4, 0.5) is 0 Å². The van der Waals surface area contributed by atoms with Crippen LogP contribution in [-0.4, -0.2) is 11.1 Å².